The van der Waals surface area contributed by atoms with Crippen molar-refractivity contribution in [2.24, 2.45) is 0 Å². The summed E-state index contributed by atoms with van der Waals surface area (Å²) in [6.07, 6.45) is 2.62. The molecule has 0 saturated heterocycles. The molecular weight excluding hydrogens is 328 g/mol. The van der Waals surface area contributed by atoms with E-state index in [1.165, 1.54) is 16.7 Å². The number of allylic oxidation sites excluding steroid dienone is 1. The predicted molar refractivity (Wildman–Crippen MR) is 104 cm³/mol. The van der Waals surface area contributed by atoms with Crippen LogP contribution in [0, 0.1) is 0 Å². The molecule has 0 fully saturated rings. The molecule has 0 aliphatic heterocycles. The minimum absolute atomic E-state index is 0.0578. The molecule has 0 heterocycles. The van der Waals surface area contributed by atoms with E-state index in [-0.39, 0.29) is 11.7 Å². The Morgan fingerprint density at radius 1 is 0.840 bits per heavy atom. The lowest BCUT2D eigenvalue weighted by Crippen LogP contribution is -2.08. The second kappa shape index (κ2) is 6.70. The average molecular weight is 345 g/mol. The summed E-state index contributed by atoms with van der Waals surface area (Å²) in [4.78, 5) is 12.9. The van der Waals surface area contributed by atoms with Crippen LogP contribution in [0.5, 0.6) is 0 Å². The van der Waals surface area contributed by atoms with E-state index in [4.69, 9.17) is 11.6 Å². The van der Waals surface area contributed by atoms with Gasteiger partial charge in [-0.05, 0) is 34.4 Å². The maximum atomic E-state index is 12.9. The first-order valence-electron chi connectivity index (χ1n) is 8.37. The normalized spacial score (nSPS) is 15.6. The third-order valence-corrected chi connectivity index (χ3v) is 5.06. The van der Waals surface area contributed by atoms with E-state index in [0.29, 0.717) is 17.0 Å². The summed E-state index contributed by atoms with van der Waals surface area (Å²) in [5.74, 6) is 0.136. The zero-order chi connectivity index (χ0) is 17.2. The van der Waals surface area contributed by atoms with Crippen molar-refractivity contribution in [2.45, 2.75) is 12.3 Å². The highest BCUT2D eigenvalue weighted by molar-refractivity contribution is 6.34. The van der Waals surface area contributed by atoms with Crippen molar-refractivity contribution in [1.82, 2.24) is 0 Å². The SMILES string of the molecule is O=C(CC1C(c2ccccc2)=Cc2ccccc21)c1ccccc1Cl. The average Bonchev–Trinajstić information content (AvgIpc) is 3.01. The number of carbonyl (C=O) groups excluding carboxylic acids is 1. The lowest BCUT2D eigenvalue weighted by Gasteiger charge is -2.17. The van der Waals surface area contributed by atoms with Gasteiger partial charge in [-0.1, -0.05) is 84.4 Å². The van der Waals surface area contributed by atoms with Gasteiger partial charge in [-0.3, -0.25) is 4.79 Å². The maximum Gasteiger partial charge on any atom is 0.165 e. The van der Waals surface area contributed by atoms with Crippen molar-refractivity contribution < 1.29 is 4.79 Å². The van der Waals surface area contributed by atoms with Crippen LogP contribution in [-0.2, 0) is 0 Å². The van der Waals surface area contributed by atoms with Gasteiger partial charge in [-0.25, -0.2) is 0 Å². The van der Waals surface area contributed by atoms with E-state index < -0.39 is 0 Å². The standard InChI is InChI=1S/C23H17ClO/c24-22-13-7-6-12-19(22)23(25)15-21-18-11-5-4-10-17(18)14-20(21)16-8-2-1-3-9-16/h1-14,21H,15H2. The van der Waals surface area contributed by atoms with Crippen LogP contribution in [0.2, 0.25) is 5.02 Å². The van der Waals surface area contributed by atoms with Gasteiger partial charge in [0.2, 0.25) is 0 Å². The zero-order valence-electron chi connectivity index (χ0n) is 13.7. The number of hydrogen-bond donors (Lipinski definition) is 0. The van der Waals surface area contributed by atoms with Crippen LogP contribution in [-0.4, -0.2) is 5.78 Å². The molecule has 4 rings (SSSR count). The van der Waals surface area contributed by atoms with Gasteiger partial charge in [0, 0.05) is 17.9 Å². The summed E-state index contributed by atoms with van der Waals surface area (Å²) in [7, 11) is 0. The molecule has 0 saturated carbocycles. The molecule has 1 nitrogen and oxygen atoms in total. The molecule has 3 aromatic carbocycles. The Labute approximate surface area is 152 Å². The van der Waals surface area contributed by atoms with E-state index in [9.17, 15) is 4.79 Å². The topological polar surface area (TPSA) is 17.1 Å². The molecule has 1 aliphatic carbocycles. The Kier molecular flexibility index (Phi) is 4.25. The summed E-state index contributed by atoms with van der Waals surface area (Å²) in [5.41, 5.74) is 5.36. The fraction of sp³-hybridized carbons (Fsp3) is 0.0870. The lowest BCUT2D eigenvalue weighted by molar-refractivity contribution is 0.0979. The van der Waals surface area contributed by atoms with Gasteiger partial charge in [0.25, 0.3) is 0 Å². The summed E-state index contributed by atoms with van der Waals surface area (Å²) in [5, 5.41) is 0.518. The number of rotatable bonds is 4. The second-order valence-electron chi connectivity index (χ2n) is 6.25. The number of ketones is 1. The molecule has 0 aromatic heterocycles. The van der Waals surface area contributed by atoms with Crippen LogP contribution < -0.4 is 0 Å². The van der Waals surface area contributed by atoms with Gasteiger partial charge >= 0.3 is 0 Å². The van der Waals surface area contributed by atoms with Crippen molar-refractivity contribution in [3.63, 3.8) is 0 Å². The molecule has 3 aromatic rings. The van der Waals surface area contributed by atoms with E-state index in [1.54, 1.807) is 12.1 Å². The highest BCUT2D eigenvalue weighted by Crippen LogP contribution is 2.44. The van der Waals surface area contributed by atoms with Gasteiger partial charge in [0.15, 0.2) is 5.78 Å². The van der Waals surface area contributed by atoms with Crippen molar-refractivity contribution in [3.05, 3.63) is 106 Å². The van der Waals surface area contributed by atoms with E-state index in [2.05, 4.69) is 30.3 Å². The van der Waals surface area contributed by atoms with Crippen molar-refractivity contribution in [1.29, 1.82) is 0 Å². The van der Waals surface area contributed by atoms with E-state index in [1.807, 2.05) is 42.5 Å². The van der Waals surface area contributed by atoms with Crippen LogP contribution >= 0.6 is 11.6 Å². The molecule has 1 unspecified atom stereocenters. The molecule has 0 amide bonds. The summed E-state index contributed by atoms with van der Waals surface area (Å²) in [6, 6.07) is 25.9. The summed E-state index contributed by atoms with van der Waals surface area (Å²) < 4.78 is 0. The molecule has 0 N–H and O–H groups in total. The number of hydrogen-bond acceptors (Lipinski definition) is 1. The van der Waals surface area contributed by atoms with Gasteiger partial charge < -0.3 is 0 Å². The Hall–Kier alpha value is -2.64. The molecular formula is C23H17ClO. The van der Waals surface area contributed by atoms with E-state index >= 15 is 0 Å². The fourth-order valence-corrected chi connectivity index (χ4v) is 3.75. The minimum atomic E-state index is 0.0578. The third kappa shape index (κ3) is 3.04. The maximum absolute atomic E-state index is 12.9. The second-order valence-corrected chi connectivity index (χ2v) is 6.66. The molecule has 2 heteroatoms. The monoisotopic (exact) mass is 344 g/mol. The molecule has 1 aliphatic rings. The smallest absolute Gasteiger partial charge is 0.165 e. The van der Waals surface area contributed by atoms with Crippen molar-refractivity contribution in [2.75, 3.05) is 0 Å². The zero-order valence-corrected chi connectivity index (χ0v) is 14.4. The van der Waals surface area contributed by atoms with Crippen LogP contribution in [0.25, 0.3) is 11.6 Å². The van der Waals surface area contributed by atoms with Gasteiger partial charge in [-0.15, -0.1) is 0 Å². The number of fused-ring (bicyclic) bond motifs is 1. The predicted octanol–water partition coefficient (Wildman–Crippen LogP) is 6.25. The Morgan fingerprint density at radius 3 is 2.32 bits per heavy atom. The number of Topliss-reactive ketones (excluding diaryl/α,β-unsaturated/α-hetero) is 1. The molecule has 122 valence electrons. The summed E-state index contributed by atoms with van der Waals surface area (Å²) >= 11 is 6.22. The first kappa shape index (κ1) is 15.9. The van der Waals surface area contributed by atoms with Gasteiger partial charge in [-0.2, -0.15) is 0 Å². The molecule has 0 bridgehead atoms. The van der Waals surface area contributed by atoms with Crippen LogP contribution in [0.1, 0.15) is 39.4 Å². The van der Waals surface area contributed by atoms with Crippen molar-refractivity contribution >= 4 is 29.0 Å². The highest BCUT2D eigenvalue weighted by atomic mass is 35.5. The fourth-order valence-electron chi connectivity index (χ4n) is 3.51. The molecule has 25 heavy (non-hydrogen) atoms. The Balaban J connectivity index is 1.72. The quantitative estimate of drug-likeness (QED) is 0.511. The first-order valence-corrected chi connectivity index (χ1v) is 8.75. The largest absolute Gasteiger partial charge is 0.294 e. The van der Waals surface area contributed by atoms with E-state index in [0.717, 1.165) is 5.56 Å². The van der Waals surface area contributed by atoms with Gasteiger partial charge in [0.05, 0.1) is 5.02 Å². The third-order valence-electron chi connectivity index (χ3n) is 4.73. The van der Waals surface area contributed by atoms with Crippen molar-refractivity contribution in [3.8, 4) is 0 Å². The highest BCUT2D eigenvalue weighted by Gasteiger charge is 2.28. The molecule has 0 radical (unpaired) electrons. The molecule has 1 atom stereocenters. The lowest BCUT2D eigenvalue weighted by atomic mass is 9.86. The van der Waals surface area contributed by atoms with Crippen LogP contribution in [0.15, 0.2) is 78.9 Å². The summed E-state index contributed by atoms with van der Waals surface area (Å²) in [6.45, 7) is 0. The van der Waals surface area contributed by atoms with Crippen LogP contribution in [0.3, 0.4) is 0 Å². The first-order chi connectivity index (χ1) is 12.2. The molecule has 0 spiro atoms. The number of halogens is 1. The van der Waals surface area contributed by atoms with Crippen LogP contribution in [0.4, 0.5) is 0 Å². The van der Waals surface area contributed by atoms with Gasteiger partial charge in [0.1, 0.15) is 0 Å². The number of benzene rings is 3. The number of carbonyl (C=O) groups is 1. The Morgan fingerprint density at radius 2 is 1.52 bits per heavy atom. The minimum Gasteiger partial charge on any atom is -0.294 e. The Bertz CT molecular complexity index is 957.